The summed E-state index contributed by atoms with van der Waals surface area (Å²) in [4.78, 5) is 23.7. The second kappa shape index (κ2) is 6.65. The number of H-pyrrole nitrogens is 2. The number of benzene rings is 2. The molecule has 5 rings (SSSR count). The Bertz CT molecular complexity index is 1280. The Labute approximate surface area is 165 Å². The third-order valence-corrected chi connectivity index (χ3v) is 5.65. The van der Waals surface area contributed by atoms with Gasteiger partial charge in [-0.15, -0.1) is 11.3 Å². The van der Waals surface area contributed by atoms with Crippen LogP contribution in [0.2, 0.25) is 0 Å². The molecule has 0 saturated heterocycles. The first-order valence-corrected chi connectivity index (χ1v) is 9.94. The van der Waals surface area contributed by atoms with Gasteiger partial charge in [0, 0.05) is 34.0 Å². The van der Waals surface area contributed by atoms with Crippen molar-refractivity contribution in [3.63, 3.8) is 0 Å². The summed E-state index contributed by atoms with van der Waals surface area (Å²) in [5.74, 6) is -0.163. The van der Waals surface area contributed by atoms with Gasteiger partial charge in [-0.05, 0) is 48.2 Å². The van der Waals surface area contributed by atoms with Gasteiger partial charge >= 0.3 is 0 Å². The van der Waals surface area contributed by atoms with Gasteiger partial charge in [-0.3, -0.25) is 4.79 Å². The topological polar surface area (TPSA) is 73.6 Å². The van der Waals surface area contributed by atoms with Crippen LogP contribution >= 0.6 is 11.3 Å². The lowest BCUT2D eigenvalue weighted by Crippen LogP contribution is -2.23. The van der Waals surface area contributed by atoms with E-state index in [0.29, 0.717) is 12.2 Å². The molecule has 0 bridgehead atoms. The number of aryl methyl sites for hydroxylation is 1. The smallest absolute Gasteiger partial charge is 0.271 e. The van der Waals surface area contributed by atoms with Crippen molar-refractivity contribution in [3.05, 3.63) is 76.9 Å². The maximum absolute atomic E-state index is 12.5. The summed E-state index contributed by atoms with van der Waals surface area (Å²) >= 11 is 1.47. The first kappa shape index (κ1) is 16.8. The molecule has 0 fully saturated rings. The molecule has 0 aliphatic carbocycles. The zero-order valence-corrected chi connectivity index (χ0v) is 16.1. The Morgan fingerprint density at radius 3 is 2.79 bits per heavy atom. The van der Waals surface area contributed by atoms with Crippen LogP contribution in [0.4, 0.5) is 0 Å². The van der Waals surface area contributed by atoms with Crippen molar-refractivity contribution in [2.24, 2.45) is 0 Å². The van der Waals surface area contributed by atoms with E-state index in [0.717, 1.165) is 43.8 Å². The van der Waals surface area contributed by atoms with E-state index >= 15 is 0 Å². The van der Waals surface area contributed by atoms with E-state index in [9.17, 15) is 4.79 Å². The minimum Gasteiger partial charge on any atom is -0.359 e. The number of hydrogen-bond donors (Lipinski definition) is 3. The molecule has 0 saturated carbocycles. The lowest BCUT2D eigenvalue weighted by Gasteiger charge is -2.04. The van der Waals surface area contributed by atoms with Gasteiger partial charge in [0.15, 0.2) is 0 Å². The molecule has 0 unspecified atom stereocenters. The first-order valence-electron chi connectivity index (χ1n) is 9.06. The van der Waals surface area contributed by atoms with Crippen LogP contribution in [0.5, 0.6) is 0 Å². The standard InChI is InChI=1S/C22H18N4OS/c1-13-8-16-9-14(6-7-18(16)24-13)11-23-21(27)20-12-28-22(26-20)19-10-15-4-2-3-5-17(15)25-19/h2-10,12,24-25H,11H2,1H3,(H,23,27). The van der Waals surface area contributed by atoms with Gasteiger partial charge in [-0.1, -0.05) is 24.3 Å². The highest BCUT2D eigenvalue weighted by atomic mass is 32.1. The van der Waals surface area contributed by atoms with Crippen LogP contribution in [0.1, 0.15) is 21.7 Å². The highest BCUT2D eigenvalue weighted by Crippen LogP contribution is 2.27. The Balaban J connectivity index is 1.31. The summed E-state index contributed by atoms with van der Waals surface area (Å²) in [5, 5.41) is 7.86. The van der Waals surface area contributed by atoms with Gasteiger partial charge in [-0.2, -0.15) is 0 Å². The first-order chi connectivity index (χ1) is 13.7. The van der Waals surface area contributed by atoms with E-state index < -0.39 is 0 Å². The van der Waals surface area contributed by atoms with E-state index in [2.05, 4.69) is 44.5 Å². The molecule has 0 radical (unpaired) electrons. The average Bonchev–Trinajstić information content (AvgIpc) is 3.41. The number of aromatic amines is 2. The monoisotopic (exact) mass is 386 g/mol. The Kier molecular flexibility index (Phi) is 3.98. The van der Waals surface area contributed by atoms with E-state index in [1.807, 2.05) is 37.3 Å². The molecule has 5 aromatic rings. The molecule has 2 aromatic carbocycles. The van der Waals surface area contributed by atoms with E-state index in [1.54, 1.807) is 5.38 Å². The second-order valence-corrected chi connectivity index (χ2v) is 7.72. The molecular formula is C22H18N4OS. The summed E-state index contributed by atoms with van der Waals surface area (Å²) in [7, 11) is 0. The Morgan fingerprint density at radius 1 is 1.04 bits per heavy atom. The minimum absolute atomic E-state index is 0.163. The molecule has 0 aliphatic rings. The van der Waals surface area contributed by atoms with Gasteiger partial charge in [-0.25, -0.2) is 4.98 Å². The molecule has 138 valence electrons. The van der Waals surface area contributed by atoms with Gasteiger partial charge in [0.25, 0.3) is 5.91 Å². The van der Waals surface area contributed by atoms with Crippen LogP contribution in [0, 0.1) is 6.92 Å². The van der Waals surface area contributed by atoms with Crippen LogP contribution in [0.3, 0.4) is 0 Å². The minimum atomic E-state index is -0.163. The predicted octanol–water partition coefficient (Wildman–Crippen LogP) is 5.01. The number of hydrogen-bond acceptors (Lipinski definition) is 3. The number of nitrogens with one attached hydrogen (secondary N) is 3. The number of thiazole rings is 1. The fraction of sp³-hybridized carbons (Fsp3) is 0.0909. The SMILES string of the molecule is Cc1cc2cc(CNC(=O)c3csc(-c4cc5ccccc5[nH]4)n3)ccc2[nH]1. The molecule has 3 aromatic heterocycles. The maximum atomic E-state index is 12.5. The van der Waals surface area contributed by atoms with Crippen LogP contribution in [-0.2, 0) is 6.54 Å². The summed E-state index contributed by atoms with van der Waals surface area (Å²) in [6.45, 7) is 2.51. The summed E-state index contributed by atoms with van der Waals surface area (Å²) in [6.07, 6.45) is 0. The molecule has 28 heavy (non-hydrogen) atoms. The lowest BCUT2D eigenvalue weighted by molar-refractivity contribution is 0.0946. The zero-order chi connectivity index (χ0) is 19.1. The highest BCUT2D eigenvalue weighted by Gasteiger charge is 2.13. The van der Waals surface area contributed by atoms with Crippen LogP contribution in [0.25, 0.3) is 32.5 Å². The largest absolute Gasteiger partial charge is 0.359 e. The van der Waals surface area contributed by atoms with Crippen molar-refractivity contribution in [2.45, 2.75) is 13.5 Å². The molecule has 5 nitrogen and oxygen atoms in total. The molecule has 0 aliphatic heterocycles. The zero-order valence-electron chi connectivity index (χ0n) is 15.2. The number of fused-ring (bicyclic) bond motifs is 2. The Morgan fingerprint density at radius 2 is 1.89 bits per heavy atom. The fourth-order valence-electron chi connectivity index (χ4n) is 3.40. The van der Waals surface area contributed by atoms with Crippen molar-refractivity contribution in [1.29, 1.82) is 0 Å². The van der Waals surface area contributed by atoms with Gasteiger partial charge in [0.1, 0.15) is 10.7 Å². The molecule has 3 N–H and O–H groups in total. The quantitative estimate of drug-likeness (QED) is 0.406. The Hall–Kier alpha value is -3.38. The van der Waals surface area contributed by atoms with Crippen LogP contribution < -0.4 is 5.32 Å². The normalized spacial score (nSPS) is 11.3. The van der Waals surface area contributed by atoms with Crippen molar-refractivity contribution >= 4 is 39.0 Å². The second-order valence-electron chi connectivity index (χ2n) is 6.86. The van der Waals surface area contributed by atoms with Crippen LogP contribution in [0.15, 0.2) is 60.0 Å². The number of amides is 1. The van der Waals surface area contributed by atoms with Gasteiger partial charge < -0.3 is 15.3 Å². The summed E-state index contributed by atoms with van der Waals surface area (Å²) in [6, 6.07) is 18.4. The van der Waals surface area contributed by atoms with E-state index in [1.165, 1.54) is 11.3 Å². The molecular weight excluding hydrogens is 368 g/mol. The number of rotatable bonds is 4. The van der Waals surface area contributed by atoms with E-state index in [4.69, 9.17) is 0 Å². The maximum Gasteiger partial charge on any atom is 0.271 e. The third-order valence-electron chi connectivity index (χ3n) is 4.77. The fourth-order valence-corrected chi connectivity index (χ4v) is 4.17. The number of para-hydroxylation sites is 1. The molecule has 0 atom stereocenters. The summed E-state index contributed by atoms with van der Waals surface area (Å²) < 4.78 is 0. The molecule has 1 amide bonds. The lowest BCUT2D eigenvalue weighted by atomic mass is 10.1. The van der Waals surface area contributed by atoms with E-state index in [-0.39, 0.29) is 5.91 Å². The molecule has 0 spiro atoms. The molecule has 3 heterocycles. The van der Waals surface area contributed by atoms with Gasteiger partial charge in [0.05, 0.1) is 5.69 Å². The number of carbonyl (C=O) groups is 1. The van der Waals surface area contributed by atoms with Crippen molar-refractivity contribution < 1.29 is 4.79 Å². The van der Waals surface area contributed by atoms with Crippen molar-refractivity contribution in [1.82, 2.24) is 20.3 Å². The number of nitrogens with zero attached hydrogens (tertiary/aromatic N) is 1. The number of carbonyl (C=O) groups excluding carboxylic acids is 1. The highest BCUT2D eigenvalue weighted by molar-refractivity contribution is 7.13. The van der Waals surface area contributed by atoms with Crippen LogP contribution in [-0.4, -0.2) is 20.9 Å². The third kappa shape index (κ3) is 3.08. The average molecular weight is 386 g/mol. The number of aromatic nitrogens is 3. The van der Waals surface area contributed by atoms with Crippen molar-refractivity contribution in [3.8, 4) is 10.7 Å². The predicted molar refractivity (Wildman–Crippen MR) is 114 cm³/mol. The van der Waals surface area contributed by atoms with Crippen molar-refractivity contribution in [2.75, 3.05) is 0 Å². The summed E-state index contributed by atoms with van der Waals surface area (Å²) in [5.41, 5.74) is 5.73. The van der Waals surface area contributed by atoms with Gasteiger partial charge in [0.2, 0.25) is 0 Å². The molecule has 6 heteroatoms.